The van der Waals surface area contributed by atoms with Gasteiger partial charge in [-0.05, 0) is 31.2 Å². The summed E-state index contributed by atoms with van der Waals surface area (Å²) in [5.41, 5.74) is 0. The molecule has 1 atom stereocenters. The van der Waals surface area contributed by atoms with Gasteiger partial charge in [0.15, 0.2) is 5.76 Å². The molecule has 2 heterocycles. The van der Waals surface area contributed by atoms with Crippen molar-refractivity contribution in [2.45, 2.75) is 18.6 Å². The molecular weight excluding hydrogens is 278 g/mol. The van der Waals surface area contributed by atoms with Crippen LogP contribution in [0.4, 0.5) is 0 Å². The third-order valence-electron chi connectivity index (χ3n) is 3.40. The summed E-state index contributed by atoms with van der Waals surface area (Å²) in [4.78, 5) is 25.6. The number of ether oxygens (including phenoxy) is 1. The molecule has 0 saturated carbocycles. The minimum absolute atomic E-state index is 0.147. The number of carbonyl (C=O) groups excluding carboxylic acids is 2. The quantitative estimate of drug-likeness (QED) is 0.797. The summed E-state index contributed by atoms with van der Waals surface area (Å²) < 4.78 is 10.3. The molecular formula is C14H19NO4S. The Bertz CT molecular complexity index is 485. The summed E-state index contributed by atoms with van der Waals surface area (Å²) in [5.74, 6) is 1.27. The van der Waals surface area contributed by atoms with Gasteiger partial charge >= 0.3 is 5.97 Å². The molecule has 1 amide bonds. The number of hydrogen-bond donors (Lipinski definition) is 0. The molecule has 110 valence electrons. The fourth-order valence-corrected chi connectivity index (χ4v) is 2.83. The molecule has 0 aromatic carbocycles. The van der Waals surface area contributed by atoms with Crippen molar-refractivity contribution in [3.63, 3.8) is 0 Å². The maximum Gasteiger partial charge on any atom is 0.310 e. The Hall–Kier alpha value is -1.43. The van der Waals surface area contributed by atoms with Crippen LogP contribution in [0.3, 0.4) is 0 Å². The van der Waals surface area contributed by atoms with E-state index in [1.807, 2.05) is 12.3 Å². The van der Waals surface area contributed by atoms with Crippen molar-refractivity contribution < 1.29 is 18.7 Å². The highest BCUT2D eigenvalue weighted by Gasteiger charge is 2.30. The SMILES string of the molecule is COC(=O)C1CCCN(C(=O)c2ccc(CSC)o2)C1. The molecule has 5 nitrogen and oxygen atoms in total. The van der Waals surface area contributed by atoms with Gasteiger partial charge in [-0.25, -0.2) is 0 Å². The maximum absolute atomic E-state index is 12.3. The number of furan rings is 1. The largest absolute Gasteiger partial charge is 0.469 e. The lowest BCUT2D eigenvalue weighted by molar-refractivity contribution is -0.146. The highest BCUT2D eigenvalue weighted by atomic mass is 32.2. The lowest BCUT2D eigenvalue weighted by Crippen LogP contribution is -2.42. The molecule has 1 fully saturated rings. The number of methoxy groups -OCH3 is 1. The number of likely N-dealkylation sites (tertiary alicyclic amines) is 1. The fraction of sp³-hybridized carbons (Fsp3) is 0.571. The van der Waals surface area contributed by atoms with Gasteiger partial charge in [0.05, 0.1) is 18.8 Å². The van der Waals surface area contributed by atoms with Crippen LogP contribution in [-0.4, -0.2) is 43.2 Å². The van der Waals surface area contributed by atoms with Gasteiger partial charge < -0.3 is 14.1 Å². The lowest BCUT2D eigenvalue weighted by Gasteiger charge is -2.30. The zero-order valence-electron chi connectivity index (χ0n) is 11.8. The standard InChI is InChI=1S/C14H19NO4S/c1-18-14(17)10-4-3-7-15(8-10)13(16)12-6-5-11(19-12)9-20-2/h5-6,10H,3-4,7-9H2,1-2H3. The number of nitrogens with zero attached hydrogens (tertiary/aromatic N) is 1. The summed E-state index contributed by atoms with van der Waals surface area (Å²) in [6.45, 7) is 1.06. The summed E-state index contributed by atoms with van der Waals surface area (Å²) in [7, 11) is 1.38. The van der Waals surface area contributed by atoms with Crippen LogP contribution in [0.5, 0.6) is 0 Å². The number of thioether (sulfide) groups is 1. The molecule has 0 aliphatic carbocycles. The Morgan fingerprint density at radius 1 is 1.50 bits per heavy atom. The van der Waals surface area contributed by atoms with Gasteiger partial charge in [-0.1, -0.05) is 0 Å². The molecule has 0 N–H and O–H groups in total. The molecule has 1 unspecified atom stereocenters. The second-order valence-corrected chi connectivity index (χ2v) is 5.68. The van der Waals surface area contributed by atoms with E-state index in [4.69, 9.17) is 9.15 Å². The number of rotatable bonds is 4. The van der Waals surface area contributed by atoms with Gasteiger partial charge in [0, 0.05) is 13.1 Å². The van der Waals surface area contributed by atoms with Crippen LogP contribution in [0, 0.1) is 5.92 Å². The van der Waals surface area contributed by atoms with E-state index in [9.17, 15) is 9.59 Å². The van der Waals surface area contributed by atoms with E-state index in [2.05, 4.69) is 0 Å². The Labute approximate surface area is 122 Å². The zero-order valence-corrected chi connectivity index (χ0v) is 12.6. The molecule has 1 saturated heterocycles. The molecule has 6 heteroatoms. The van der Waals surface area contributed by atoms with Crippen LogP contribution in [-0.2, 0) is 15.3 Å². The average molecular weight is 297 g/mol. The van der Waals surface area contributed by atoms with Crippen molar-refractivity contribution in [1.29, 1.82) is 0 Å². The number of hydrogen-bond acceptors (Lipinski definition) is 5. The Morgan fingerprint density at radius 2 is 2.30 bits per heavy atom. The van der Waals surface area contributed by atoms with E-state index in [0.29, 0.717) is 18.8 Å². The van der Waals surface area contributed by atoms with Crippen LogP contribution in [0.1, 0.15) is 29.2 Å². The van der Waals surface area contributed by atoms with Crippen molar-refractivity contribution in [1.82, 2.24) is 4.90 Å². The number of amides is 1. The summed E-state index contributed by atoms with van der Waals surface area (Å²) in [6.07, 6.45) is 3.56. The maximum atomic E-state index is 12.3. The molecule has 0 spiro atoms. The number of esters is 1. The first-order valence-electron chi connectivity index (χ1n) is 6.60. The number of carbonyl (C=O) groups is 2. The first-order valence-corrected chi connectivity index (χ1v) is 8.00. The second-order valence-electron chi connectivity index (χ2n) is 4.81. The summed E-state index contributed by atoms with van der Waals surface area (Å²) in [5, 5.41) is 0. The van der Waals surface area contributed by atoms with Crippen LogP contribution in [0.25, 0.3) is 0 Å². The molecule has 1 aromatic heterocycles. The molecule has 20 heavy (non-hydrogen) atoms. The van der Waals surface area contributed by atoms with Gasteiger partial charge in [0.25, 0.3) is 5.91 Å². The van der Waals surface area contributed by atoms with E-state index in [-0.39, 0.29) is 17.8 Å². The van der Waals surface area contributed by atoms with E-state index in [0.717, 1.165) is 24.4 Å². The van der Waals surface area contributed by atoms with Gasteiger partial charge in [0.1, 0.15) is 5.76 Å². The molecule has 1 aliphatic rings. The highest BCUT2D eigenvalue weighted by molar-refractivity contribution is 7.97. The predicted molar refractivity (Wildman–Crippen MR) is 76.6 cm³/mol. The Morgan fingerprint density at radius 3 is 3.00 bits per heavy atom. The smallest absolute Gasteiger partial charge is 0.310 e. The third kappa shape index (κ3) is 3.36. The van der Waals surface area contributed by atoms with Crippen LogP contribution in [0.2, 0.25) is 0 Å². The summed E-state index contributed by atoms with van der Waals surface area (Å²) >= 11 is 1.64. The molecule has 1 aromatic rings. The van der Waals surface area contributed by atoms with Gasteiger partial charge in [-0.2, -0.15) is 11.8 Å². The second kappa shape index (κ2) is 6.83. The van der Waals surface area contributed by atoms with Gasteiger partial charge in [-0.15, -0.1) is 0 Å². The van der Waals surface area contributed by atoms with Crippen molar-refractivity contribution >= 4 is 23.6 Å². The van der Waals surface area contributed by atoms with Crippen molar-refractivity contribution in [2.24, 2.45) is 5.92 Å². The normalized spacial score (nSPS) is 18.9. The molecule has 0 bridgehead atoms. The molecule has 2 rings (SSSR count). The van der Waals surface area contributed by atoms with Crippen molar-refractivity contribution in [2.75, 3.05) is 26.5 Å². The van der Waals surface area contributed by atoms with Crippen LogP contribution in [0.15, 0.2) is 16.5 Å². The highest BCUT2D eigenvalue weighted by Crippen LogP contribution is 2.21. The average Bonchev–Trinajstić information content (AvgIpc) is 2.95. The zero-order chi connectivity index (χ0) is 14.5. The van der Waals surface area contributed by atoms with Crippen LogP contribution >= 0.6 is 11.8 Å². The molecule has 1 aliphatic heterocycles. The van der Waals surface area contributed by atoms with E-state index < -0.39 is 0 Å². The lowest BCUT2D eigenvalue weighted by atomic mass is 9.98. The van der Waals surface area contributed by atoms with Gasteiger partial charge in [-0.3, -0.25) is 9.59 Å². The van der Waals surface area contributed by atoms with E-state index in [1.54, 1.807) is 22.7 Å². The number of piperidine rings is 1. The predicted octanol–water partition coefficient (Wildman–Crippen LogP) is 2.17. The van der Waals surface area contributed by atoms with Gasteiger partial charge in [0.2, 0.25) is 0 Å². The van der Waals surface area contributed by atoms with Crippen LogP contribution < -0.4 is 0 Å². The third-order valence-corrected chi connectivity index (χ3v) is 3.98. The minimum atomic E-state index is -0.245. The summed E-state index contributed by atoms with van der Waals surface area (Å²) in [6, 6.07) is 3.53. The van der Waals surface area contributed by atoms with Crippen molar-refractivity contribution in [3.8, 4) is 0 Å². The monoisotopic (exact) mass is 297 g/mol. The minimum Gasteiger partial charge on any atom is -0.469 e. The first kappa shape index (κ1) is 15.0. The van der Waals surface area contributed by atoms with E-state index >= 15 is 0 Å². The van der Waals surface area contributed by atoms with E-state index in [1.165, 1.54) is 7.11 Å². The first-order chi connectivity index (χ1) is 9.65. The fourth-order valence-electron chi connectivity index (χ4n) is 2.39. The van der Waals surface area contributed by atoms with Crippen molar-refractivity contribution in [3.05, 3.63) is 23.7 Å². The molecule has 0 radical (unpaired) electrons. The Kier molecular flexibility index (Phi) is 5.11. The Balaban J connectivity index is 2.02. The topological polar surface area (TPSA) is 59.8 Å².